The maximum atomic E-state index is 10.8. The zero-order valence-electron chi connectivity index (χ0n) is 11.4. The maximum absolute atomic E-state index is 10.8. The lowest BCUT2D eigenvalue weighted by atomic mass is 10.1. The summed E-state index contributed by atoms with van der Waals surface area (Å²) in [6, 6.07) is 2.98. The predicted molar refractivity (Wildman–Crippen MR) is 73.7 cm³/mol. The van der Waals surface area contributed by atoms with Crippen molar-refractivity contribution in [2.24, 2.45) is 0 Å². The standard InChI is InChI=1S/C13H16N4O3/c1-9-11(10(2)20-16-9)5-3-7-14-13-12(17(18)19)6-4-8-15-13/h4,6,8H,3,5,7H2,1-2H3,(H,14,15). The van der Waals surface area contributed by atoms with E-state index in [2.05, 4.69) is 15.5 Å². The first-order chi connectivity index (χ1) is 9.59. The van der Waals surface area contributed by atoms with Crippen molar-refractivity contribution in [1.29, 1.82) is 0 Å². The molecule has 2 heterocycles. The van der Waals surface area contributed by atoms with Crippen molar-refractivity contribution in [2.75, 3.05) is 11.9 Å². The largest absolute Gasteiger partial charge is 0.364 e. The zero-order valence-corrected chi connectivity index (χ0v) is 11.4. The molecule has 0 amide bonds. The van der Waals surface area contributed by atoms with Crippen molar-refractivity contribution in [3.05, 3.63) is 45.5 Å². The third-order valence-electron chi connectivity index (χ3n) is 3.06. The molecular weight excluding hydrogens is 260 g/mol. The Morgan fingerprint density at radius 3 is 2.90 bits per heavy atom. The molecule has 0 saturated heterocycles. The molecule has 0 aliphatic heterocycles. The molecule has 1 N–H and O–H groups in total. The Labute approximate surface area is 116 Å². The van der Waals surface area contributed by atoms with Gasteiger partial charge in [-0.15, -0.1) is 0 Å². The first-order valence-corrected chi connectivity index (χ1v) is 6.34. The van der Waals surface area contributed by atoms with E-state index in [-0.39, 0.29) is 5.69 Å². The lowest BCUT2D eigenvalue weighted by Crippen LogP contribution is -2.07. The third kappa shape index (κ3) is 3.11. The van der Waals surface area contributed by atoms with Crippen LogP contribution in [-0.4, -0.2) is 21.6 Å². The molecule has 0 fully saturated rings. The number of anilines is 1. The van der Waals surface area contributed by atoms with Gasteiger partial charge in [-0.25, -0.2) is 4.98 Å². The van der Waals surface area contributed by atoms with E-state index in [4.69, 9.17) is 4.52 Å². The Kier molecular flexibility index (Phi) is 4.29. The van der Waals surface area contributed by atoms with Gasteiger partial charge in [0.2, 0.25) is 5.82 Å². The van der Waals surface area contributed by atoms with E-state index in [1.54, 1.807) is 6.07 Å². The Morgan fingerprint density at radius 1 is 1.45 bits per heavy atom. The molecule has 0 saturated carbocycles. The number of rotatable bonds is 6. The molecule has 0 aliphatic carbocycles. The summed E-state index contributed by atoms with van der Waals surface area (Å²) < 4.78 is 5.09. The quantitative estimate of drug-likeness (QED) is 0.495. The van der Waals surface area contributed by atoms with Crippen molar-refractivity contribution in [2.45, 2.75) is 26.7 Å². The summed E-state index contributed by atoms with van der Waals surface area (Å²) in [4.78, 5) is 14.4. The minimum atomic E-state index is -0.441. The van der Waals surface area contributed by atoms with Gasteiger partial charge < -0.3 is 9.84 Å². The molecule has 7 heteroatoms. The van der Waals surface area contributed by atoms with Crippen LogP contribution in [0.2, 0.25) is 0 Å². The van der Waals surface area contributed by atoms with Crippen LogP contribution in [0, 0.1) is 24.0 Å². The van der Waals surface area contributed by atoms with Crippen molar-refractivity contribution in [3.63, 3.8) is 0 Å². The number of nitro groups is 1. The highest BCUT2D eigenvalue weighted by molar-refractivity contribution is 5.54. The molecule has 2 aromatic rings. The van der Waals surface area contributed by atoms with Gasteiger partial charge in [0, 0.05) is 24.4 Å². The van der Waals surface area contributed by atoms with Crippen LogP contribution >= 0.6 is 0 Å². The molecule has 2 aromatic heterocycles. The average Bonchev–Trinajstić information content (AvgIpc) is 2.75. The lowest BCUT2D eigenvalue weighted by molar-refractivity contribution is -0.384. The lowest BCUT2D eigenvalue weighted by Gasteiger charge is -2.05. The number of hydrogen-bond acceptors (Lipinski definition) is 6. The van der Waals surface area contributed by atoms with E-state index in [0.717, 1.165) is 29.9 Å². The predicted octanol–water partition coefficient (Wildman–Crippen LogP) is 2.64. The monoisotopic (exact) mass is 276 g/mol. The number of nitrogens with zero attached hydrogens (tertiary/aromatic N) is 3. The van der Waals surface area contributed by atoms with Gasteiger partial charge in [-0.2, -0.15) is 0 Å². The van der Waals surface area contributed by atoms with Gasteiger partial charge in [0.05, 0.1) is 10.6 Å². The highest BCUT2D eigenvalue weighted by Gasteiger charge is 2.13. The van der Waals surface area contributed by atoms with Crippen LogP contribution in [0.25, 0.3) is 0 Å². The van der Waals surface area contributed by atoms with Gasteiger partial charge >= 0.3 is 5.69 Å². The van der Waals surface area contributed by atoms with Crippen LogP contribution in [0.5, 0.6) is 0 Å². The fraction of sp³-hybridized carbons (Fsp3) is 0.385. The van der Waals surface area contributed by atoms with Crippen LogP contribution < -0.4 is 5.32 Å². The van der Waals surface area contributed by atoms with Gasteiger partial charge in [-0.3, -0.25) is 10.1 Å². The molecule has 20 heavy (non-hydrogen) atoms. The number of aryl methyl sites for hydroxylation is 2. The maximum Gasteiger partial charge on any atom is 0.311 e. The van der Waals surface area contributed by atoms with Crippen LogP contribution in [0.3, 0.4) is 0 Å². The number of pyridine rings is 1. The first kappa shape index (κ1) is 14.0. The smallest absolute Gasteiger partial charge is 0.311 e. The highest BCUT2D eigenvalue weighted by atomic mass is 16.6. The number of nitrogens with one attached hydrogen (secondary N) is 1. The molecule has 0 unspecified atom stereocenters. The SMILES string of the molecule is Cc1noc(C)c1CCCNc1ncccc1[N+](=O)[O-]. The van der Waals surface area contributed by atoms with Crippen LogP contribution in [0.15, 0.2) is 22.9 Å². The van der Waals surface area contributed by atoms with Crippen molar-refractivity contribution in [1.82, 2.24) is 10.1 Å². The summed E-state index contributed by atoms with van der Waals surface area (Å²) in [5.41, 5.74) is 1.98. The van der Waals surface area contributed by atoms with Crippen molar-refractivity contribution < 1.29 is 9.45 Å². The van der Waals surface area contributed by atoms with Gasteiger partial charge in [0.1, 0.15) is 5.76 Å². The summed E-state index contributed by atoms with van der Waals surface area (Å²) >= 11 is 0. The highest BCUT2D eigenvalue weighted by Crippen LogP contribution is 2.20. The second-order valence-corrected chi connectivity index (χ2v) is 4.46. The van der Waals surface area contributed by atoms with E-state index in [0.29, 0.717) is 12.4 Å². The van der Waals surface area contributed by atoms with Gasteiger partial charge in [-0.05, 0) is 32.8 Å². The van der Waals surface area contributed by atoms with Crippen LogP contribution in [0.4, 0.5) is 11.5 Å². The molecule has 0 bridgehead atoms. The molecule has 106 valence electrons. The molecule has 2 rings (SSSR count). The minimum absolute atomic E-state index is 0.00941. The van der Waals surface area contributed by atoms with E-state index < -0.39 is 4.92 Å². The molecule has 0 aliphatic rings. The fourth-order valence-corrected chi connectivity index (χ4v) is 2.01. The fourth-order valence-electron chi connectivity index (χ4n) is 2.01. The second-order valence-electron chi connectivity index (χ2n) is 4.46. The number of aromatic nitrogens is 2. The Hall–Kier alpha value is -2.44. The summed E-state index contributed by atoms with van der Waals surface area (Å²) in [7, 11) is 0. The Balaban J connectivity index is 1.89. The van der Waals surface area contributed by atoms with Crippen LogP contribution in [-0.2, 0) is 6.42 Å². The molecular formula is C13H16N4O3. The summed E-state index contributed by atoms with van der Waals surface area (Å²) in [5.74, 6) is 1.13. The second kappa shape index (κ2) is 6.14. The van der Waals surface area contributed by atoms with Crippen molar-refractivity contribution in [3.8, 4) is 0 Å². The van der Waals surface area contributed by atoms with Gasteiger partial charge in [0.25, 0.3) is 0 Å². The van der Waals surface area contributed by atoms with Gasteiger partial charge in [0.15, 0.2) is 0 Å². The minimum Gasteiger partial charge on any atom is -0.364 e. The van der Waals surface area contributed by atoms with E-state index in [1.165, 1.54) is 12.3 Å². The third-order valence-corrected chi connectivity index (χ3v) is 3.06. The average molecular weight is 276 g/mol. The van der Waals surface area contributed by atoms with Gasteiger partial charge in [-0.1, -0.05) is 5.16 Å². The van der Waals surface area contributed by atoms with E-state index >= 15 is 0 Å². The zero-order chi connectivity index (χ0) is 14.5. The first-order valence-electron chi connectivity index (χ1n) is 6.34. The Bertz CT molecular complexity index is 590. The molecule has 0 radical (unpaired) electrons. The topological polar surface area (TPSA) is 94.1 Å². The molecule has 0 spiro atoms. The van der Waals surface area contributed by atoms with Crippen LogP contribution in [0.1, 0.15) is 23.4 Å². The van der Waals surface area contributed by atoms with Crippen molar-refractivity contribution >= 4 is 11.5 Å². The summed E-state index contributed by atoms with van der Waals surface area (Å²) in [6.45, 7) is 4.39. The van der Waals surface area contributed by atoms with E-state index in [9.17, 15) is 10.1 Å². The molecule has 7 nitrogen and oxygen atoms in total. The Morgan fingerprint density at radius 2 is 2.25 bits per heavy atom. The summed E-state index contributed by atoms with van der Waals surface area (Å²) in [5, 5.41) is 17.7. The number of hydrogen-bond donors (Lipinski definition) is 1. The van der Waals surface area contributed by atoms with E-state index in [1.807, 2.05) is 13.8 Å². The normalized spacial score (nSPS) is 10.5. The summed E-state index contributed by atoms with van der Waals surface area (Å²) in [6.07, 6.45) is 3.16. The molecule has 0 aromatic carbocycles. The molecule has 0 atom stereocenters.